The van der Waals surface area contributed by atoms with Gasteiger partial charge in [0.2, 0.25) is 0 Å². The van der Waals surface area contributed by atoms with Crippen molar-refractivity contribution in [2.75, 3.05) is 6.54 Å². The molecular formula is C17H28N2. The Bertz CT molecular complexity index is 350. The van der Waals surface area contributed by atoms with Crippen molar-refractivity contribution in [3.63, 3.8) is 0 Å². The first kappa shape index (κ1) is 14.5. The zero-order valence-corrected chi connectivity index (χ0v) is 12.4. The van der Waals surface area contributed by atoms with E-state index in [1.165, 1.54) is 37.8 Å². The van der Waals surface area contributed by atoms with Gasteiger partial charge >= 0.3 is 0 Å². The Labute approximate surface area is 118 Å². The van der Waals surface area contributed by atoms with Crippen molar-refractivity contribution in [2.24, 2.45) is 11.8 Å². The molecule has 1 saturated carbocycles. The van der Waals surface area contributed by atoms with E-state index in [0.29, 0.717) is 6.04 Å². The van der Waals surface area contributed by atoms with Gasteiger partial charge in [0.05, 0.1) is 0 Å². The molecule has 0 aromatic carbocycles. The van der Waals surface area contributed by atoms with Crippen molar-refractivity contribution in [1.29, 1.82) is 0 Å². The molecule has 0 aliphatic heterocycles. The van der Waals surface area contributed by atoms with E-state index in [0.717, 1.165) is 24.8 Å². The zero-order valence-electron chi connectivity index (χ0n) is 12.4. The standard InChI is InChI=1S/C17H28N2/c1-3-10-19-17(13-16-9-4-5-11-18-16)15-8-6-7-14(2)12-15/h4-5,9,11,14-15,17,19H,3,6-8,10,12-13H2,1-2H3. The fourth-order valence-electron chi connectivity index (χ4n) is 3.33. The molecule has 0 spiro atoms. The Hall–Kier alpha value is -0.890. The van der Waals surface area contributed by atoms with Gasteiger partial charge in [0, 0.05) is 24.4 Å². The van der Waals surface area contributed by atoms with Crippen LogP contribution in [0.5, 0.6) is 0 Å². The van der Waals surface area contributed by atoms with E-state index in [1.807, 2.05) is 12.3 Å². The minimum absolute atomic E-state index is 0.609. The number of aromatic nitrogens is 1. The Morgan fingerprint density at radius 3 is 2.95 bits per heavy atom. The molecule has 2 rings (SSSR count). The molecule has 1 aromatic heterocycles. The van der Waals surface area contributed by atoms with Gasteiger partial charge in [-0.25, -0.2) is 0 Å². The van der Waals surface area contributed by atoms with E-state index in [-0.39, 0.29) is 0 Å². The predicted octanol–water partition coefficient (Wildman–Crippen LogP) is 3.82. The third kappa shape index (κ3) is 4.61. The van der Waals surface area contributed by atoms with Crippen LogP contribution in [0, 0.1) is 11.8 Å². The average molecular weight is 260 g/mol. The monoisotopic (exact) mass is 260 g/mol. The highest BCUT2D eigenvalue weighted by molar-refractivity contribution is 5.06. The summed E-state index contributed by atoms with van der Waals surface area (Å²) in [5.41, 5.74) is 1.23. The lowest BCUT2D eigenvalue weighted by Gasteiger charge is -2.34. The van der Waals surface area contributed by atoms with Gasteiger partial charge in [-0.2, -0.15) is 0 Å². The molecule has 1 aliphatic rings. The lowest BCUT2D eigenvalue weighted by atomic mass is 9.77. The summed E-state index contributed by atoms with van der Waals surface area (Å²) >= 11 is 0. The Morgan fingerprint density at radius 1 is 1.37 bits per heavy atom. The van der Waals surface area contributed by atoms with Gasteiger partial charge in [0.15, 0.2) is 0 Å². The number of rotatable bonds is 6. The molecule has 2 nitrogen and oxygen atoms in total. The topological polar surface area (TPSA) is 24.9 Å². The zero-order chi connectivity index (χ0) is 13.5. The summed E-state index contributed by atoms with van der Waals surface area (Å²) in [6.07, 6.45) is 9.79. The van der Waals surface area contributed by atoms with E-state index in [2.05, 4.69) is 36.3 Å². The van der Waals surface area contributed by atoms with E-state index < -0.39 is 0 Å². The SMILES string of the molecule is CCCNC(Cc1ccccn1)C1CCCC(C)C1. The summed E-state index contributed by atoms with van der Waals surface area (Å²) in [7, 11) is 0. The van der Waals surface area contributed by atoms with Crippen LogP contribution in [0.1, 0.15) is 51.6 Å². The predicted molar refractivity (Wildman–Crippen MR) is 81.1 cm³/mol. The van der Waals surface area contributed by atoms with Gasteiger partial charge in [-0.3, -0.25) is 4.98 Å². The van der Waals surface area contributed by atoms with Crippen LogP contribution < -0.4 is 5.32 Å². The van der Waals surface area contributed by atoms with Crippen molar-refractivity contribution < 1.29 is 0 Å². The van der Waals surface area contributed by atoms with Crippen molar-refractivity contribution in [2.45, 2.75) is 58.4 Å². The van der Waals surface area contributed by atoms with Gasteiger partial charge in [-0.1, -0.05) is 32.8 Å². The smallest absolute Gasteiger partial charge is 0.0419 e. The second kappa shape index (κ2) is 7.64. The molecule has 3 unspecified atom stereocenters. The largest absolute Gasteiger partial charge is 0.313 e. The van der Waals surface area contributed by atoms with Gasteiger partial charge in [0.25, 0.3) is 0 Å². The summed E-state index contributed by atoms with van der Waals surface area (Å²) in [4.78, 5) is 4.50. The highest BCUT2D eigenvalue weighted by atomic mass is 14.9. The minimum Gasteiger partial charge on any atom is -0.313 e. The fourth-order valence-corrected chi connectivity index (χ4v) is 3.33. The van der Waals surface area contributed by atoms with Gasteiger partial charge < -0.3 is 5.32 Å². The first-order valence-corrected chi connectivity index (χ1v) is 7.93. The summed E-state index contributed by atoms with van der Waals surface area (Å²) in [6.45, 7) is 5.78. The van der Waals surface area contributed by atoms with Crippen LogP contribution in [0.15, 0.2) is 24.4 Å². The Balaban J connectivity index is 1.98. The molecule has 19 heavy (non-hydrogen) atoms. The molecule has 1 aromatic rings. The summed E-state index contributed by atoms with van der Waals surface area (Å²) < 4.78 is 0. The van der Waals surface area contributed by atoms with Gasteiger partial charge in [-0.05, 0) is 49.8 Å². The molecule has 2 heteroatoms. The summed E-state index contributed by atoms with van der Waals surface area (Å²) in [6, 6.07) is 6.87. The maximum Gasteiger partial charge on any atom is 0.0419 e. The van der Waals surface area contributed by atoms with Crippen molar-refractivity contribution in [3.05, 3.63) is 30.1 Å². The van der Waals surface area contributed by atoms with Crippen LogP contribution in [-0.2, 0) is 6.42 Å². The molecule has 106 valence electrons. The van der Waals surface area contributed by atoms with Gasteiger partial charge in [0.1, 0.15) is 0 Å². The number of pyridine rings is 1. The van der Waals surface area contributed by atoms with Crippen LogP contribution >= 0.6 is 0 Å². The molecule has 1 heterocycles. The Morgan fingerprint density at radius 2 is 2.26 bits per heavy atom. The molecule has 1 N–H and O–H groups in total. The molecule has 1 fully saturated rings. The first-order valence-electron chi connectivity index (χ1n) is 7.93. The van der Waals surface area contributed by atoms with Crippen LogP contribution in [0.4, 0.5) is 0 Å². The molecule has 0 bridgehead atoms. The highest BCUT2D eigenvalue weighted by Gasteiger charge is 2.26. The quantitative estimate of drug-likeness (QED) is 0.841. The Kier molecular flexibility index (Phi) is 5.84. The highest BCUT2D eigenvalue weighted by Crippen LogP contribution is 2.31. The van der Waals surface area contributed by atoms with Crippen molar-refractivity contribution in [3.8, 4) is 0 Å². The lowest BCUT2D eigenvalue weighted by molar-refractivity contribution is 0.220. The molecule has 1 aliphatic carbocycles. The normalized spacial score (nSPS) is 25.2. The lowest BCUT2D eigenvalue weighted by Crippen LogP contribution is -2.40. The second-order valence-corrected chi connectivity index (χ2v) is 6.12. The minimum atomic E-state index is 0.609. The molecule has 0 saturated heterocycles. The maximum absolute atomic E-state index is 4.50. The molecule has 0 amide bonds. The maximum atomic E-state index is 4.50. The molecule has 0 radical (unpaired) electrons. The number of hydrogen-bond acceptors (Lipinski definition) is 2. The molecular weight excluding hydrogens is 232 g/mol. The van der Waals surface area contributed by atoms with Crippen molar-refractivity contribution >= 4 is 0 Å². The number of nitrogens with one attached hydrogen (secondary N) is 1. The summed E-state index contributed by atoms with van der Waals surface area (Å²) in [5, 5.41) is 3.77. The number of hydrogen-bond donors (Lipinski definition) is 1. The van der Waals surface area contributed by atoms with Crippen LogP contribution in [0.25, 0.3) is 0 Å². The van der Waals surface area contributed by atoms with Crippen LogP contribution in [0.2, 0.25) is 0 Å². The average Bonchev–Trinajstić information content (AvgIpc) is 2.44. The van der Waals surface area contributed by atoms with E-state index in [4.69, 9.17) is 0 Å². The second-order valence-electron chi connectivity index (χ2n) is 6.12. The van der Waals surface area contributed by atoms with E-state index in [9.17, 15) is 0 Å². The summed E-state index contributed by atoms with van der Waals surface area (Å²) in [5.74, 6) is 1.73. The fraction of sp³-hybridized carbons (Fsp3) is 0.706. The first-order chi connectivity index (χ1) is 9.29. The molecule has 3 atom stereocenters. The third-order valence-corrected chi connectivity index (χ3v) is 4.36. The van der Waals surface area contributed by atoms with Crippen LogP contribution in [-0.4, -0.2) is 17.6 Å². The third-order valence-electron chi connectivity index (χ3n) is 4.36. The van der Waals surface area contributed by atoms with Crippen molar-refractivity contribution in [1.82, 2.24) is 10.3 Å². The van der Waals surface area contributed by atoms with E-state index >= 15 is 0 Å². The van der Waals surface area contributed by atoms with E-state index in [1.54, 1.807) is 0 Å². The van der Waals surface area contributed by atoms with Gasteiger partial charge in [-0.15, -0.1) is 0 Å². The van der Waals surface area contributed by atoms with Crippen LogP contribution in [0.3, 0.4) is 0 Å². The number of nitrogens with zero attached hydrogens (tertiary/aromatic N) is 1.